The number of hydrogen-bond acceptors (Lipinski definition) is 5. The van der Waals surface area contributed by atoms with Crippen molar-refractivity contribution in [2.75, 3.05) is 52.5 Å². The van der Waals surface area contributed by atoms with Crippen molar-refractivity contribution in [2.24, 2.45) is 7.05 Å². The fourth-order valence-electron chi connectivity index (χ4n) is 3.86. The lowest BCUT2D eigenvalue weighted by Crippen LogP contribution is -2.48. The fourth-order valence-corrected chi connectivity index (χ4v) is 4.33. The van der Waals surface area contributed by atoms with Crippen molar-refractivity contribution in [1.29, 1.82) is 0 Å². The number of carbonyl (C=O) groups excluding carboxylic acids is 2. The first-order chi connectivity index (χ1) is 14.9. The number of halogens is 2. The average molecular weight is 466 g/mol. The van der Waals surface area contributed by atoms with E-state index in [0.717, 1.165) is 18.7 Å². The van der Waals surface area contributed by atoms with Crippen molar-refractivity contribution < 1.29 is 14.3 Å². The van der Waals surface area contributed by atoms with E-state index < -0.39 is 0 Å². The van der Waals surface area contributed by atoms with E-state index in [2.05, 4.69) is 10.00 Å². The van der Waals surface area contributed by atoms with Crippen LogP contribution in [0.5, 0.6) is 0 Å². The van der Waals surface area contributed by atoms with Gasteiger partial charge in [-0.25, -0.2) is 0 Å². The van der Waals surface area contributed by atoms with Gasteiger partial charge in [0.05, 0.1) is 13.2 Å². The maximum Gasteiger partial charge on any atom is 0.274 e. The molecular formula is C21H25Cl2N5O3. The smallest absolute Gasteiger partial charge is 0.274 e. The van der Waals surface area contributed by atoms with Crippen molar-refractivity contribution in [3.8, 4) is 0 Å². The number of carbonyl (C=O) groups is 2. The molecule has 3 heterocycles. The van der Waals surface area contributed by atoms with Crippen molar-refractivity contribution in [1.82, 2.24) is 24.5 Å². The Morgan fingerprint density at radius 2 is 1.65 bits per heavy atom. The third kappa shape index (κ3) is 5.03. The number of hydrogen-bond donors (Lipinski definition) is 0. The molecule has 2 fully saturated rings. The predicted octanol–water partition coefficient (Wildman–Crippen LogP) is 2.16. The van der Waals surface area contributed by atoms with E-state index in [1.54, 1.807) is 29.0 Å². The quantitative estimate of drug-likeness (QED) is 0.691. The summed E-state index contributed by atoms with van der Waals surface area (Å²) in [4.78, 5) is 31.5. The molecule has 1 aromatic carbocycles. The van der Waals surface area contributed by atoms with Gasteiger partial charge in [0.2, 0.25) is 0 Å². The van der Waals surface area contributed by atoms with Crippen LogP contribution in [-0.2, 0) is 18.3 Å². The van der Waals surface area contributed by atoms with Gasteiger partial charge in [-0.3, -0.25) is 19.2 Å². The molecule has 0 saturated carbocycles. The third-order valence-electron chi connectivity index (χ3n) is 5.68. The molecule has 4 rings (SSSR count). The van der Waals surface area contributed by atoms with E-state index in [1.165, 1.54) is 4.68 Å². The lowest BCUT2D eigenvalue weighted by atomic mass is 10.2. The standard InChI is InChI=1S/C21H25Cl2N5O3/c1-25-19(13-18(24-25)20(29)28-8-10-31-11-9-28)21(30)27-6-4-26(5-7-27)14-15-2-3-16(22)12-17(15)23/h2-3,12-13H,4-11,14H2,1H3. The Kier molecular flexibility index (Phi) is 6.81. The van der Waals surface area contributed by atoms with Gasteiger partial charge < -0.3 is 14.5 Å². The number of aromatic nitrogens is 2. The molecule has 2 aromatic rings. The minimum Gasteiger partial charge on any atom is -0.378 e. The first kappa shape index (κ1) is 22.1. The number of rotatable bonds is 4. The number of piperazine rings is 1. The topological polar surface area (TPSA) is 70.9 Å². The highest BCUT2D eigenvalue weighted by Gasteiger charge is 2.28. The van der Waals surface area contributed by atoms with Gasteiger partial charge in [0.15, 0.2) is 5.69 Å². The Morgan fingerprint density at radius 1 is 0.968 bits per heavy atom. The fraction of sp³-hybridized carbons (Fsp3) is 0.476. The minimum absolute atomic E-state index is 0.111. The van der Waals surface area contributed by atoms with Gasteiger partial charge in [0.25, 0.3) is 11.8 Å². The molecule has 0 N–H and O–H groups in total. The second-order valence-corrected chi connectivity index (χ2v) is 8.59. The summed E-state index contributed by atoms with van der Waals surface area (Å²) in [6.07, 6.45) is 0. The maximum atomic E-state index is 13.1. The van der Waals surface area contributed by atoms with Crippen LogP contribution in [0.3, 0.4) is 0 Å². The molecule has 2 saturated heterocycles. The Balaban J connectivity index is 1.36. The third-order valence-corrected chi connectivity index (χ3v) is 6.27. The second-order valence-electron chi connectivity index (χ2n) is 7.75. The van der Waals surface area contributed by atoms with Crippen molar-refractivity contribution in [3.63, 3.8) is 0 Å². The first-order valence-corrected chi connectivity index (χ1v) is 11.0. The molecule has 2 aliphatic heterocycles. The van der Waals surface area contributed by atoms with Crippen LogP contribution in [0.4, 0.5) is 0 Å². The van der Waals surface area contributed by atoms with E-state index in [1.807, 2.05) is 12.1 Å². The van der Waals surface area contributed by atoms with E-state index in [4.69, 9.17) is 27.9 Å². The Bertz CT molecular complexity index is 966. The molecule has 166 valence electrons. The Morgan fingerprint density at radius 3 is 2.32 bits per heavy atom. The Labute approximate surface area is 191 Å². The van der Waals surface area contributed by atoms with Gasteiger partial charge in [-0.2, -0.15) is 5.10 Å². The van der Waals surface area contributed by atoms with Crippen LogP contribution in [0.15, 0.2) is 24.3 Å². The van der Waals surface area contributed by atoms with Crippen molar-refractivity contribution in [3.05, 3.63) is 51.3 Å². The molecule has 0 aliphatic carbocycles. The lowest BCUT2D eigenvalue weighted by molar-refractivity contribution is 0.0298. The first-order valence-electron chi connectivity index (χ1n) is 10.3. The molecule has 2 aliphatic rings. The SMILES string of the molecule is Cn1nc(C(=O)N2CCOCC2)cc1C(=O)N1CCN(Cc2ccc(Cl)cc2Cl)CC1. The Hall–Kier alpha value is -2.13. The summed E-state index contributed by atoms with van der Waals surface area (Å²) in [7, 11) is 1.70. The van der Waals surface area contributed by atoms with Crippen LogP contribution < -0.4 is 0 Å². The summed E-state index contributed by atoms with van der Waals surface area (Å²) in [6.45, 7) is 5.51. The van der Waals surface area contributed by atoms with Crippen LogP contribution in [-0.4, -0.2) is 88.8 Å². The summed E-state index contributed by atoms with van der Waals surface area (Å²) in [5, 5.41) is 5.56. The molecular weight excluding hydrogens is 441 g/mol. The molecule has 0 atom stereocenters. The second kappa shape index (κ2) is 9.56. The van der Waals surface area contributed by atoms with Crippen LogP contribution in [0.25, 0.3) is 0 Å². The number of benzene rings is 1. The largest absolute Gasteiger partial charge is 0.378 e. The van der Waals surface area contributed by atoms with Crippen LogP contribution in [0.1, 0.15) is 26.5 Å². The predicted molar refractivity (Wildman–Crippen MR) is 118 cm³/mol. The molecule has 0 bridgehead atoms. The molecule has 10 heteroatoms. The number of nitrogens with zero attached hydrogens (tertiary/aromatic N) is 5. The summed E-state index contributed by atoms with van der Waals surface area (Å²) in [6, 6.07) is 7.11. The molecule has 8 nitrogen and oxygen atoms in total. The van der Waals surface area contributed by atoms with Gasteiger partial charge in [-0.15, -0.1) is 0 Å². The summed E-state index contributed by atoms with van der Waals surface area (Å²) in [5.41, 5.74) is 1.73. The summed E-state index contributed by atoms with van der Waals surface area (Å²) >= 11 is 12.3. The highest BCUT2D eigenvalue weighted by atomic mass is 35.5. The zero-order chi connectivity index (χ0) is 22.0. The average Bonchev–Trinajstić information content (AvgIpc) is 3.17. The van der Waals surface area contributed by atoms with Gasteiger partial charge in [0, 0.05) is 69.0 Å². The van der Waals surface area contributed by atoms with Gasteiger partial charge >= 0.3 is 0 Å². The van der Waals surface area contributed by atoms with Gasteiger partial charge in [-0.05, 0) is 17.7 Å². The van der Waals surface area contributed by atoms with Crippen LogP contribution >= 0.6 is 23.2 Å². The van der Waals surface area contributed by atoms with E-state index in [0.29, 0.717) is 67.4 Å². The number of amides is 2. The zero-order valence-electron chi connectivity index (χ0n) is 17.4. The monoisotopic (exact) mass is 465 g/mol. The normalized spacial score (nSPS) is 17.8. The highest BCUT2D eigenvalue weighted by molar-refractivity contribution is 6.35. The zero-order valence-corrected chi connectivity index (χ0v) is 18.9. The number of ether oxygens (including phenoxy) is 1. The summed E-state index contributed by atoms with van der Waals surface area (Å²) < 4.78 is 6.79. The molecule has 0 spiro atoms. The van der Waals surface area contributed by atoms with Crippen LogP contribution in [0, 0.1) is 0 Å². The van der Waals surface area contributed by atoms with E-state index in [9.17, 15) is 9.59 Å². The maximum absolute atomic E-state index is 13.1. The summed E-state index contributed by atoms with van der Waals surface area (Å²) in [5.74, 6) is -0.275. The molecule has 31 heavy (non-hydrogen) atoms. The van der Waals surface area contributed by atoms with E-state index in [-0.39, 0.29) is 11.8 Å². The van der Waals surface area contributed by atoms with Gasteiger partial charge in [-0.1, -0.05) is 29.3 Å². The van der Waals surface area contributed by atoms with Crippen molar-refractivity contribution in [2.45, 2.75) is 6.54 Å². The lowest BCUT2D eigenvalue weighted by Gasteiger charge is -2.34. The van der Waals surface area contributed by atoms with Crippen molar-refractivity contribution >= 4 is 35.0 Å². The highest BCUT2D eigenvalue weighted by Crippen LogP contribution is 2.23. The number of morpholine rings is 1. The van der Waals surface area contributed by atoms with Crippen LogP contribution in [0.2, 0.25) is 10.0 Å². The van der Waals surface area contributed by atoms with Gasteiger partial charge in [0.1, 0.15) is 5.69 Å². The molecule has 0 radical (unpaired) electrons. The molecule has 1 aromatic heterocycles. The minimum atomic E-state index is -0.164. The number of aryl methyl sites for hydroxylation is 1. The molecule has 0 unspecified atom stereocenters. The van der Waals surface area contributed by atoms with E-state index >= 15 is 0 Å². The molecule has 2 amide bonds.